The van der Waals surface area contributed by atoms with Crippen molar-refractivity contribution in [2.45, 2.75) is 26.3 Å². The zero-order valence-corrected chi connectivity index (χ0v) is 18.1. The minimum atomic E-state index is -0.767. The number of carbonyl (C=O) groups is 2. The third-order valence-corrected chi connectivity index (χ3v) is 6.20. The molecule has 2 aromatic rings. The Bertz CT molecular complexity index is 931. The Hall–Kier alpha value is -3.00. The first-order valence-corrected chi connectivity index (χ1v) is 10.8. The fourth-order valence-corrected chi connectivity index (χ4v) is 4.39. The van der Waals surface area contributed by atoms with E-state index in [9.17, 15) is 9.59 Å². The summed E-state index contributed by atoms with van der Waals surface area (Å²) in [6.07, 6.45) is 4.26. The van der Waals surface area contributed by atoms with Crippen molar-refractivity contribution in [3.8, 4) is 11.4 Å². The van der Waals surface area contributed by atoms with Crippen LogP contribution in [0, 0.1) is 12.8 Å². The second-order valence-corrected chi connectivity index (χ2v) is 8.57. The summed E-state index contributed by atoms with van der Waals surface area (Å²) in [7, 11) is 0. The van der Waals surface area contributed by atoms with E-state index in [1.165, 1.54) is 0 Å². The van der Waals surface area contributed by atoms with E-state index in [1.807, 2.05) is 41.2 Å². The van der Waals surface area contributed by atoms with Gasteiger partial charge in [-0.25, -0.2) is 9.97 Å². The number of aromatic nitrogens is 2. The Kier molecular flexibility index (Phi) is 6.18. The topological polar surface area (TPSA) is 89.9 Å². The molecule has 4 rings (SSSR count). The van der Waals surface area contributed by atoms with Gasteiger partial charge in [-0.05, 0) is 56.6 Å². The van der Waals surface area contributed by atoms with Crippen molar-refractivity contribution >= 4 is 17.6 Å². The number of hydrogen-bond donors (Lipinski definition) is 1. The number of anilines is 1. The summed E-state index contributed by atoms with van der Waals surface area (Å²) in [6.45, 7) is 7.69. The Labute approximate surface area is 182 Å². The van der Waals surface area contributed by atoms with E-state index in [4.69, 9.17) is 5.11 Å². The van der Waals surface area contributed by atoms with Crippen LogP contribution in [-0.2, 0) is 9.59 Å². The molecule has 31 heavy (non-hydrogen) atoms. The van der Waals surface area contributed by atoms with Crippen LogP contribution in [0.15, 0.2) is 36.7 Å². The molecule has 8 heteroatoms. The average molecular weight is 424 g/mol. The quantitative estimate of drug-likeness (QED) is 0.785. The summed E-state index contributed by atoms with van der Waals surface area (Å²) < 4.78 is 0. The molecule has 1 amide bonds. The maximum Gasteiger partial charge on any atom is 0.307 e. The molecule has 2 fully saturated rings. The molecule has 0 saturated carbocycles. The minimum absolute atomic E-state index is 0.0880. The number of likely N-dealkylation sites (tertiary alicyclic amines) is 1. The monoisotopic (exact) mass is 423 g/mol. The van der Waals surface area contributed by atoms with Crippen LogP contribution in [0.5, 0.6) is 0 Å². The molecule has 8 nitrogen and oxygen atoms in total. The number of nitrogens with zero attached hydrogens (tertiary/aromatic N) is 5. The summed E-state index contributed by atoms with van der Waals surface area (Å²) in [5.41, 5.74) is 3.14. The first-order valence-electron chi connectivity index (χ1n) is 10.8. The number of piperazine rings is 1. The molecule has 0 aliphatic carbocycles. The van der Waals surface area contributed by atoms with Crippen LogP contribution >= 0.6 is 0 Å². The zero-order valence-electron chi connectivity index (χ0n) is 18.1. The van der Waals surface area contributed by atoms with Gasteiger partial charge in [-0.1, -0.05) is 0 Å². The van der Waals surface area contributed by atoms with Gasteiger partial charge in [0.25, 0.3) is 0 Å². The van der Waals surface area contributed by atoms with E-state index < -0.39 is 5.97 Å². The van der Waals surface area contributed by atoms with Gasteiger partial charge in [0.15, 0.2) is 5.82 Å². The van der Waals surface area contributed by atoms with Crippen molar-refractivity contribution in [1.29, 1.82) is 0 Å². The van der Waals surface area contributed by atoms with Gasteiger partial charge < -0.3 is 14.9 Å². The predicted molar refractivity (Wildman–Crippen MR) is 118 cm³/mol. The molecule has 1 aromatic carbocycles. The highest BCUT2D eigenvalue weighted by Gasteiger charge is 2.32. The fourth-order valence-electron chi connectivity index (χ4n) is 4.39. The molecule has 2 unspecified atom stereocenters. The van der Waals surface area contributed by atoms with Gasteiger partial charge in [0.2, 0.25) is 5.91 Å². The van der Waals surface area contributed by atoms with Gasteiger partial charge in [0.05, 0.1) is 12.5 Å². The lowest BCUT2D eigenvalue weighted by Gasteiger charge is -2.41. The Morgan fingerprint density at radius 1 is 1.06 bits per heavy atom. The van der Waals surface area contributed by atoms with Gasteiger partial charge in [-0.3, -0.25) is 14.5 Å². The third kappa shape index (κ3) is 4.85. The van der Waals surface area contributed by atoms with Crippen LogP contribution in [0.3, 0.4) is 0 Å². The highest BCUT2D eigenvalue weighted by molar-refractivity contribution is 5.79. The van der Waals surface area contributed by atoms with Crippen LogP contribution in [0.25, 0.3) is 11.4 Å². The van der Waals surface area contributed by atoms with E-state index in [0.717, 1.165) is 29.9 Å². The molecular formula is C23H29N5O3. The van der Waals surface area contributed by atoms with Gasteiger partial charge >= 0.3 is 5.97 Å². The highest BCUT2D eigenvalue weighted by atomic mass is 16.4. The summed E-state index contributed by atoms with van der Waals surface area (Å²) >= 11 is 0. The number of amides is 1. The minimum Gasteiger partial charge on any atom is -0.481 e. The summed E-state index contributed by atoms with van der Waals surface area (Å²) in [5.74, 6) is -0.315. The molecule has 2 aliphatic rings. The summed E-state index contributed by atoms with van der Waals surface area (Å²) in [4.78, 5) is 38.9. The molecule has 0 radical (unpaired) electrons. The van der Waals surface area contributed by atoms with Crippen molar-refractivity contribution in [3.63, 3.8) is 0 Å². The SMILES string of the molecule is Cc1cnc(-c2ccc(N3CCN(C(=O)CN4CCC(C(=O)O)C4)C(C)C3)cc2)nc1. The Morgan fingerprint density at radius 2 is 1.77 bits per heavy atom. The Morgan fingerprint density at radius 3 is 2.39 bits per heavy atom. The Balaban J connectivity index is 1.33. The third-order valence-electron chi connectivity index (χ3n) is 6.20. The van der Waals surface area contributed by atoms with Crippen LogP contribution < -0.4 is 4.90 Å². The number of aryl methyl sites for hydroxylation is 1. The number of rotatable bonds is 5. The average Bonchev–Trinajstić information content (AvgIpc) is 3.23. The van der Waals surface area contributed by atoms with Gasteiger partial charge in [-0.2, -0.15) is 0 Å². The summed E-state index contributed by atoms with van der Waals surface area (Å²) in [6, 6.07) is 8.33. The number of aliphatic carboxylic acids is 1. The van der Waals surface area contributed by atoms with Crippen molar-refractivity contribution in [3.05, 3.63) is 42.2 Å². The van der Waals surface area contributed by atoms with Crippen molar-refractivity contribution in [1.82, 2.24) is 19.8 Å². The standard InChI is InChI=1S/C23H29N5O3/c1-16-11-24-22(25-12-16)18-3-5-20(6-4-18)27-9-10-28(17(2)13-27)21(29)15-26-8-7-19(14-26)23(30)31/h3-6,11-12,17,19H,7-10,13-15H2,1-2H3,(H,30,31). The largest absolute Gasteiger partial charge is 0.481 e. The van der Waals surface area contributed by atoms with Crippen molar-refractivity contribution < 1.29 is 14.7 Å². The van der Waals surface area contributed by atoms with Crippen LogP contribution in [-0.4, -0.2) is 82.1 Å². The van der Waals surface area contributed by atoms with E-state index >= 15 is 0 Å². The van der Waals surface area contributed by atoms with E-state index in [1.54, 1.807) is 0 Å². The molecule has 164 valence electrons. The second-order valence-electron chi connectivity index (χ2n) is 8.57. The van der Waals surface area contributed by atoms with Crippen molar-refractivity contribution in [2.75, 3.05) is 44.2 Å². The fraction of sp³-hybridized carbons (Fsp3) is 0.478. The molecule has 0 bridgehead atoms. The van der Waals surface area contributed by atoms with Crippen LogP contribution in [0.2, 0.25) is 0 Å². The van der Waals surface area contributed by atoms with Gasteiger partial charge in [-0.15, -0.1) is 0 Å². The number of carboxylic acid groups (broad SMARTS) is 1. The maximum absolute atomic E-state index is 12.8. The second kappa shape index (κ2) is 9.01. The molecular weight excluding hydrogens is 394 g/mol. The zero-order chi connectivity index (χ0) is 22.0. The number of carboxylic acids is 1. The van der Waals surface area contributed by atoms with Gasteiger partial charge in [0.1, 0.15) is 0 Å². The van der Waals surface area contributed by atoms with E-state index in [0.29, 0.717) is 38.4 Å². The van der Waals surface area contributed by atoms with Gasteiger partial charge in [0, 0.05) is 55.9 Å². The molecule has 3 heterocycles. The lowest BCUT2D eigenvalue weighted by atomic mass is 10.1. The first kappa shape index (κ1) is 21.2. The van der Waals surface area contributed by atoms with E-state index in [-0.39, 0.29) is 17.9 Å². The molecule has 2 aliphatic heterocycles. The lowest BCUT2D eigenvalue weighted by Crippen LogP contribution is -2.56. The number of benzene rings is 1. The normalized spacial score (nSPS) is 22.0. The molecule has 1 aromatic heterocycles. The van der Waals surface area contributed by atoms with E-state index in [2.05, 4.69) is 33.9 Å². The van der Waals surface area contributed by atoms with Crippen LogP contribution in [0.1, 0.15) is 18.9 Å². The first-order chi connectivity index (χ1) is 14.9. The predicted octanol–water partition coefficient (Wildman–Crippen LogP) is 1.90. The molecule has 0 spiro atoms. The smallest absolute Gasteiger partial charge is 0.307 e. The lowest BCUT2D eigenvalue weighted by molar-refractivity contribution is -0.142. The molecule has 2 atom stereocenters. The number of carbonyl (C=O) groups excluding carboxylic acids is 1. The summed E-state index contributed by atoms with van der Waals surface area (Å²) in [5, 5.41) is 9.15. The maximum atomic E-state index is 12.8. The highest BCUT2D eigenvalue weighted by Crippen LogP contribution is 2.24. The molecule has 2 saturated heterocycles. The molecule has 1 N–H and O–H groups in total. The van der Waals surface area contributed by atoms with Crippen LogP contribution in [0.4, 0.5) is 5.69 Å². The number of hydrogen-bond acceptors (Lipinski definition) is 6. The van der Waals surface area contributed by atoms with Crippen molar-refractivity contribution in [2.24, 2.45) is 5.92 Å².